The highest BCUT2D eigenvalue weighted by molar-refractivity contribution is 5.96. The molecule has 0 radical (unpaired) electrons. The topological polar surface area (TPSA) is 88.1 Å². The number of hydrogen-bond donors (Lipinski definition) is 0. The zero-order chi connectivity index (χ0) is 28.1. The third-order valence-electron chi connectivity index (χ3n) is 11.1. The fraction of sp³-hybridized carbons (Fsp3) is 0.806. The summed E-state index contributed by atoms with van der Waals surface area (Å²) in [4.78, 5) is 41.7. The molecular formula is C31H47N5O4. The number of amides is 2. The van der Waals surface area contributed by atoms with E-state index in [2.05, 4.69) is 28.7 Å². The van der Waals surface area contributed by atoms with Crippen molar-refractivity contribution in [1.29, 1.82) is 0 Å². The fourth-order valence-electron chi connectivity index (χ4n) is 8.17. The minimum Gasteiger partial charge on any atom is -0.442 e. The van der Waals surface area contributed by atoms with Crippen LogP contribution in [0.4, 0.5) is 4.79 Å². The standard InChI is InChI=1S/C31H47N5O4/c1-5-6-7-23-16-35(17-24-25-18-39-19-26(24)25)29(38)40-31(23)10-14-36(15-11-31)30(4)8-12-34(13-9-30)28(37)27-21(2)32-20-33-22(27)3/h20,23-26H,5-19H2,1-4H3. The van der Waals surface area contributed by atoms with Crippen molar-refractivity contribution in [2.24, 2.45) is 23.7 Å². The monoisotopic (exact) mass is 553 g/mol. The molecule has 0 aromatic carbocycles. The van der Waals surface area contributed by atoms with Gasteiger partial charge < -0.3 is 19.3 Å². The van der Waals surface area contributed by atoms with Gasteiger partial charge in [0.25, 0.3) is 5.91 Å². The number of piperidine rings is 2. The third-order valence-corrected chi connectivity index (χ3v) is 11.1. The molecule has 1 aromatic heterocycles. The van der Waals surface area contributed by atoms with Crippen molar-refractivity contribution >= 4 is 12.0 Å². The Bertz CT molecular complexity index is 1080. The Morgan fingerprint density at radius 2 is 1.68 bits per heavy atom. The molecule has 1 saturated carbocycles. The van der Waals surface area contributed by atoms with Crippen LogP contribution in [0.2, 0.25) is 0 Å². The Morgan fingerprint density at radius 1 is 1.02 bits per heavy atom. The van der Waals surface area contributed by atoms with Crippen LogP contribution in [-0.2, 0) is 9.47 Å². The number of nitrogens with zero attached hydrogens (tertiary/aromatic N) is 5. The molecule has 3 unspecified atom stereocenters. The smallest absolute Gasteiger partial charge is 0.410 e. The third kappa shape index (κ3) is 5.02. The summed E-state index contributed by atoms with van der Waals surface area (Å²) in [6.45, 7) is 15.1. The van der Waals surface area contributed by atoms with E-state index in [1.165, 1.54) is 12.7 Å². The first kappa shape index (κ1) is 27.9. The average molecular weight is 554 g/mol. The molecule has 5 heterocycles. The Hall–Kier alpha value is -2.26. The number of aromatic nitrogens is 2. The summed E-state index contributed by atoms with van der Waals surface area (Å²) in [5.41, 5.74) is 1.86. The highest BCUT2D eigenvalue weighted by Gasteiger charge is 2.57. The lowest BCUT2D eigenvalue weighted by atomic mass is 9.74. The summed E-state index contributed by atoms with van der Waals surface area (Å²) < 4.78 is 12.0. The van der Waals surface area contributed by atoms with E-state index in [9.17, 15) is 9.59 Å². The molecule has 9 nitrogen and oxygen atoms in total. The van der Waals surface area contributed by atoms with E-state index in [1.54, 1.807) is 0 Å². The quantitative estimate of drug-likeness (QED) is 0.503. The van der Waals surface area contributed by atoms with Crippen LogP contribution < -0.4 is 0 Å². The van der Waals surface area contributed by atoms with Gasteiger partial charge in [0.2, 0.25) is 0 Å². The van der Waals surface area contributed by atoms with E-state index < -0.39 is 0 Å². The second-order valence-corrected chi connectivity index (χ2v) is 13.4. The van der Waals surface area contributed by atoms with Crippen LogP contribution in [0, 0.1) is 37.5 Å². The Morgan fingerprint density at radius 3 is 2.30 bits per heavy atom. The van der Waals surface area contributed by atoms with Gasteiger partial charge in [-0.25, -0.2) is 14.8 Å². The van der Waals surface area contributed by atoms with Crippen molar-refractivity contribution in [3.05, 3.63) is 23.3 Å². The first-order valence-electron chi connectivity index (χ1n) is 15.6. The summed E-state index contributed by atoms with van der Waals surface area (Å²) in [5, 5.41) is 0. The normalized spacial score (nSPS) is 31.2. The van der Waals surface area contributed by atoms with Crippen molar-refractivity contribution in [2.75, 3.05) is 52.5 Å². The van der Waals surface area contributed by atoms with E-state index in [0.29, 0.717) is 29.2 Å². The van der Waals surface area contributed by atoms with Crippen LogP contribution in [0.25, 0.3) is 0 Å². The molecule has 5 aliphatic rings. The van der Waals surface area contributed by atoms with Gasteiger partial charge >= 0.3 is 6.09 Å². The predicted molar refractivity (Wildman–Crippen MR) is 151 cm³/mol. The summed E-state index contributed by atoms with van der Waals surface area (Å²) >= 11 is 0. The van der Waals surface area contributed by atoms with Crippen molar-refractivity contribution in [3.63, 3.8) is 0 Å². The molecule has 6 rings (SSSR count). The first-order valence-corrected chi connectivity index (χ1v) is 15.6. The van der Waals surface area contributed by atoms with Gasteiger partial charge in [-0.15, -0.1) is 0 Å². The zero-order valence-electron chi connectivity index (χ0n) is 24.9. The molecule has 4 aliphatic heterocycles. The van der Waals surface area contributed by atoms with Crippen LogP contribution >= 0.6 is 0 Å². The molecule has 0 N–H and O–H groups in total. The molecule has 2 amide bonds. The molecule has 1 aliphatic carbocycles. The van der Waals surface area contributed by atoms with Gasteiger partial charge in [-0.05, 0) is 57.8 Å². The van der Waals surface area contributed by atoms with E-state index in [4.69, 9.17) is 9.47 Å². The lowest BCUT2D eigenvalue weighted by Crippen LogP contribution is -2.63. The van der Waals surface area contributed by atoms with Gasteiger partial charge in [-0.1, -0.05) is 19.8 Å². The lowest BCUT2D eigenvalue weighted by molar-refractivity contribution is -0.133. The number of ether oxygens (including phenoxy) is 2. The van der Waals surface area contributed by atoms with Crippen LogP contribution in [0.3, 0.4) is 0 Å². The number of carbonyl (C=O) groups is 2. The van der Waals surface area contributed by atoms with Crippen molar-refractivity contribution in [1.82, 2.24) is 24.7 Å². The van der Waals surface area contributed by atoms with Gasteiger partial charge in [-0.2, -0.15) is 0 Å². The minimum atomic E-state index is -0.336. The van der Waals surface area contributed by atoms with E-state index in [-0.39, 0.29) is 23.1 Å². The second-order valence-electron chi connectivity index (χ2n) is 13.4. The minimum absolute atomic E-state index is 0.0467. The van der Waals surface area contributed by atoms with Gasteiger partial charge in [0.05, 0.1) is 30.2 Å². The summed E-state index contributed by atoms with van der Waals surface area (Å²) in [6.07, 6.45) is 8.59. The number of unbranched alkanes of at least 4 members (excludes halogenated alkanes) is 1. The molecule has 9 heteroatoms. The number of aryl methyl sites for hydroxylation is 2. The van der Waals surface area contributed by atoms with E-state index in [0.717, 1.165) is 102 Å². The maximum Gasteiger partial charge on any atom is 0.410 e. The molecule has 40 heavy (non-hydrogen) atoms. The average Bonchev–Trinajstić information content (AvgIpc) is 3.34. The molecule has 1 aromatic rings. The number of fused-ring (bicyclic) bond motifs is 1. The number of hydrogen-bond acceptors (Lipinski definition) is 7. The summed E-state index contributed by atoms with van der Waals surface area (Å²) in [5.74, 6) is 2.35. The van der Waals surface area contributed by atoms with Gasteiger partial charge in [0.15, 0.2) is 0 Å². The van der Waals surface area contributed by atoms with E-state index in [1.807, 2.05) is 23.6 Å². The molecule has 220 valence electrons. The highest BCUT2D eigenvalue weighted by Crippen LogP contribution is 2.52. The molecule has 4 saturated heterocycles. The fourth-order valence-corrected chi connectivity index (χ4v) is 8.17. The van der Waals surface area contributed by atoms with E-state index >= 15 is 0 Å². The summed E-state index contributed by atoms with van der Waals surface area (Å²) in [7, 11) is 0. The number of carbonyl (C=O) groups excluding carboxylic acids is 2. The molecule has 0 bridgehead atoms. The highest BCUT2D eigenvalue weighted by atomic mass is 16.6. The lowest BCUT2D eigenvalue weighted by Gasteiger charge is -2.55. The van der Waals surface area contributed by atoms with Gasteiger partial charge in [-0.3, -0.25) is 9.69 Å². The molecule has 1 spiro atoms. The SMILES string of the molecule is CCCCC1CN(CC2C3COCC32)C(=O)OC12CCN(C1(C)CCN(C(=O)c3c(C)ncnc3C)CC1)CC2. The first-order chi connectivity index (χ1) is 19.2. The summed E-state index contributed by atoms with van der Waals surface area (Å²) in [6, 6.07) is 0. The Balaban J connectivity index is 1.07. The number of likely N-dealkylation sites (tertiary alicyclic amines) is 2. The van der Waals surface area contributed by atoms with Crippen molar-refractivity contribution in [3.8, 4) is 0 Å². The van der Waals surface area contributed by atoms with Crippen LogP contribution in [0.1, 0.15) is 80.5 Å². The van der Waals surface area contributed by atoms with Crippen molar-refractivity contribution < 1.29 is 19.1 Å². The Kier molecular flexibility index (Phi) is 7.57. The maximum atomic E-state index is 13.3. The molecule has 5 fully saturated rings. The second kappa shape index (κ2) is 10.9. The maximum absolute atomic E-state index is 13.3. The van der Waals surface area contributed by atoms with Gasteiger partial charge in [0, 0.05) is 63.6 Å². The van der Waals surface area contributed by atoms with Crippen molar-refractivity contribution in [2.45, 2.75) is 83.8 Å². The van der Waals surface area contributed by atoms with Gasteiger partial charge in [0.1, 0.15) is 11.9 Å². The number of rotatable bonds is 7. The largest absolute Gasteiger partial charge is 0.442 e. The zero-order valence-corrected chi connectivity index (χ0v) is 24.9. The van der Waals surface area contributed by atoms with Crippen LogP contribution in [0.5, 0.6) is 0 Å². The predicted octanol–water partition coefficient (Wildman–Crippen LogP) is 4.07. The molecule has 3 atom stereocenters. The van der Waals surface area contributed by atoms with Crippen LogP contribution in [0.15, 0.2) is 6.33 Å². The molecular weight excluding hydrogens is 506 g/mol. The Labute approximate surface area is 239 Å². The van der Waals surface area contributed by atoms with Crippen LogP contribution in [-0.4, -0.2) is 100 Å².